The predicted molar refractivity (Wildman–Crippen MR) is 74.2 cm³/mol. The van der Waals surface area contributed by atoms with E-state index in [1.165, 1.54) is 5.56 Å². The Kier molecular flexibility index (Phi) is 6.72. The normalized spacial score (nSPS) is 14.2. The molecule has 4 nitrogen and oxygen atoms in total. The first kappa shape index (κ1) is 15.0. The lowest BCUT2D eigenvalue weighted by molar-refractivity contribution is 0.244. The first-order valence-electron chi connectivity index (χ1n) is 6.34. The van der Waals surface area contributed by atoms with Crippen LogP contribution in [0.15, 0.2) is 24.3 Å². The number of methoxy groups -OCH3 is 1. The quantitative estimate of drug-likeness (QED) is 0.645. The molecule has 2 atom stereocenters. The van der Waals surface area contributed by atoms with Crippen molar-refractivity contribution in [3.05, 3.63) is 29.8 Å². The molecule has 3 N–H and O–H groups in total. The fourth-order valence-electron chi connectivity index (χ4n) is 1.92. The maximum Gasteiger partial charge on any atom is 0.122 e. The molecular weight excluding hydrogens is 228 g/mol. The molecule has 4 heteroatoms. The fourth-order valence-corrected chi connectivity index (χ4v) is 1.92. The Morgan fingerprint density at radius 2 is 2.00 bits per heavy atom. The van der Waals surface area contributed by atoms with Gasteiger partial charge in [-0.3, -0.25) is 0 Å². The van der Waals surface area contributed by atoms with E-state index in [1.54, 1.807) is 7.11 Å². The Morgan fingerprint density at radius 1 is 1.28 bits per heavy atom. The van der Waals surface area contributed by atoms with Crippen molar-refractivity contribution in [3.8, 4) is 5.75 Å². The summed E-state index contributed by atoms with van der Waals surface area (Å²) in [6.07, 6.45) is 0. The minimum atomic E-state index is 0.106. The van der Waals surface area contributed by atoms with Gasteiger partial charge in [-0.2, -0.15) is 0 Å². The number of aliphatic hydroxyl groups excluding tert-OH is 1. The molecule has 0 saturated carbocycles. The maximum atomic E-state index is 9.07. The van der Waals surface area contributed by atoms with Gasteiger partial charge in [0.05, 0.1) is 13.7 Å². The lowest BCUT2D eigenvalue weighted by atomic mass is 10.00. The van der Waals surface area contributed by atoms with E-state index in [0.717, 1.165) is 18.8 Å². The Hall–Kier alpha value is -1.10. The highest BCUT2D eigenvalue weighted by atomic mass is 16.5. The molecule has 0 fully saturated rings. The highest BCUT2D eigenvalue weighted by Crippen LogP contribution is 2.25. The molecule has 0 aliphatic heterocycles. The summed E-state index contributed by atoms with van der Waals surface area (Å²) in [7, 11) is 3.55. The number of hydrogen-bond donors (Lipinski definition) is 3. The van der Waals surface area contributed by atoms with Gasteiger partial charge in [-0.1, -0.05) is 25.1 Å². The van der Waals surface area contributed by atoms with Crippen molar-refractivity contribution in [2.24, 2.45) is 0 Å². The van der Waals surface area contributed by atoms with E-state index < -0.39 is 0 Å². The standard InChI is InChI=1S/C14H24N2O2/c1-11(8-16-9-12(10-17)15-2)13-6-4-5-7-14(13)18-3/h4-7,11-12,15-17H,8-10H2,1-3H3/t11-,12-/m1/s1. The minimum Gasteiger partial charge on any atom is -0.496 e. The molecule has 0 spiro atoms. The molecule has 0 heterocycles. The van der Waals surface area contributed by atoms with Gasteiger partial charge in [0.15, 0.2) is 0 Å². The molecule has 0 radical (unpaired) electrons. The number of aliphatic hydroxyl groups is 1. The van der Waals surface area contributed by atoms with Gasteiger partial charge >= 0.3 is 0 Å². The Bertz CT molecular complexity index is 340. The third-order valence-corrected chi connectivity index (χ3v) is 3.14. The van der Waals surface area contributed by atoms with Crippen molar-refractivity contribution in [1.82, 2.24) is 10.6 Å². The molecule has 102 valence electrons. The number of benzene rings is 1. The summed E-state index contributed by atoms with van der Waals surface area (Å²) in [4.78, 5) is 0. The molecule has 0 unspecified atom stereocenters. The van der Waals surface area contributed by atoms with Gasteiger partial charge in [0.2, 0.25) is 0 Å². The largest absolute Gasteiger partial charge is 0.496 e. The fraction of sp³-hybridized carbons (Fsp3) is 0.571. The molecule has 0 aliphatic carbocycles. The van der Waals surface area contributed by atoms with Crippen molar-refractivity contribution >= 4 is 0 Å². The summed E-state index contributed by atoms with van der Waals surface area (Å²) in [5.74, 6) is 1.30. The van der Waals surface area contributed by atoms with Gasteiger partial charge in [-0.25, -0.2) is 0 Å². The van der Waals surface area contributed by atoms with Crippen LogP contribution in [-0.2, 0) is 0 Å². The second kappa shape index (κ2) is 8.08. The number of likely N-dealkylation sites (N-methyl/N-ethyl adjacent to an activating group) is 1. The van der Waals surface area contributed by atoms with E-state index in [1.807, 2.05) is 25.2 Å². The number of hydrogen-bond acceptors (Lipinski definition) is 4. The Labute approximate surface area is 109 Å². The summed E-state index contributed by atoms with van der Waals surface area (Å²) in [5, 5.41) is 15.5. The number of para-hydroxylation sites is 1. The van der Waals surface area contributed by atoms with Crippen LogP contribution in [0.3, 0.4) is 0 Å². The first-order valence-corrected chi connectivity index (χ1v) is 6.34. The summed E-state index contributed by atoms with van der Waals surface area (Å²) < 4.78 is 5.36. The number of rotatable bonds is 8. The molecular formula is C14H24N2O2. The van der Waals surface area contributed by atoms with E-state index in [2.05, 4.69) is 23.6 Å². The Morgan fingerprint density at radius 3 is 2.61 bits per heavy atom. The zero-order chi connectivity index (χ0) is 13.4. The first-order chi connectivity index (χ1) is 8.72. The van der Waals surface area contributed by atoms with E-state index in [4.69, 9.17) is 9.84 Å². The van der Waals surface area contributed by atoms with E-state index in [9.17, 15) is 0 Å². The highest BCUT2D eigenvalue weighted by molar-refractivity contribution is 5.35. The van der Waals surface area contributed by atoms with Gasteiger partial charge in [0.1, 0.15) is 5.75 Å². The molecule has 18 heavy (non-hydrogen) atoms. The highest BCUT2D eigenvalue weighted by Gasteiger charge is 2.11. The zero-order valence-electron chi connectivity index (χ0n) is 11.4. The van der Waals surface area contributed by atoms with Crippen LogP contribution in [0, 0.1) is 0 Å². The molecule has 0 aliphatic rings. The summed E-state index contributed by atoms with van der Waals surface area (Å²) >= 11 is 0. The van der Waals surface area contributed by atoms with Crippen molar-refractivity contribution in [2.45, 2.75) is 18.9 Å². The lowest BCUT2D eigenvalue weighted by Crippen LogP contribution is -2.40. The molecule has 0 amide bonds. The summed E-state index contributed by atoms with van der Waals surface area (Å²) in [6.45, 7) is 3.93. The van der Waals surface area contributed by atoms with Crippen molar-refractivity contribution in [3.63, 3.8) is 0 Å². The smallest absolute Gasteiger partial charge is 0.122 e. The maximum absolute atomic E-state index is 9.07. The van der Waals surface area contributed by atoms with E-state index in [0.29, 0.717) is 5.92 Å². The molecule has 0 saturated heterocycles. The van der Waals surface area contributed by atoms with Crippen LogP contribution < -0.4 is 15.4 Å². The summed E-state index contributed by atoms with van der Waals surface area (Å²) in [5.41, 5.74) is 1.21. The van der Waals surface area contributed by atoms with Crippen LogP contribution in [-0.4, -0.2) is 45.0 Å². The molecule has 1 rings (SSSR count). The van der Waals surface area contributed by atoms with Gasteiger partial charge in [-0.15, -0.1) is 0 Å². The zero-order valence-corrected chi connectivity index (χ0v) is 11.4. The van der Waals surface area contributed by atoms with Crippen molar-refractivity contribution in [2.75, 3.05) is 33.9 Å². The van der Waals surface area contributed by atoms with Crippen LogP contribution in [0.4, 0.5) is 0 Å². The average molecular weight is 252 g/mol. The number of nitrogens with one attached hydrogen (secondary N) is 2. The monoisotopic (exact) mass is 252 g/mol. The second-order valence-corrected chi connectivity index (χ2v) is 4.47. The second-order valence-electron chi connectivity index (χ2n) is 4.47. The van der Waals surface area contributed by atoms with Crippen molar-refractivity contribution in [1.29, 1.82) is 0 Å². The lowest BCUT2D eigenvalue weighted by Gasteiger charge is -2.18. The molecule has 0 bridgehead atoms. The van der Waals surface area contributed by atoms with Crippen LogP contribution in [0.5, 0.6) is 5.75 Å². The average Bonchev–Trinajstić information content (AvgIpc) is 2.43. The van der Waals surface area contributed by atoms with E-state index >= 15 is 0 Å². The molecule has 1 aromatic rings. The van der Waals surface area contributed by atoms with Gasteiger partial charge in [-0.05, 0) is 24.6 Å². The van der Waals surface area contributed by atoms with E-state index in [-0.39, 0.29) is 12.6 Å². The van der Waals surface area contributed by atoms with Gasteiger partial charge < -0.3 is 20.5 Å². The third kappa shape index (κ3) is 4.29. The van der Waals surface area contributed by atoms with Crippen LogP contribution >= 0.6 is 0 Å². The van der Waals surface area contributed by atoms with Gasteiger partial charge in [0.25, 0.3) is 0 Å². The third-order valence-electron chi connectivity index (χ3n) is 3.14. The number of ether oxygens (including phenoxy) is 1. The van der Waals surface area contributed by atoms with Gasteiger partial charge in [0, 0.05) is 19.1 Å². The Balaban J connectivity index is 2.47. The van der Waals surface area contributed by atoms with Crippen LogP contribution in [0.2, 0.25) is 0 Å². The van der Waals surface area contributed by atoms with Crippen LogP contribution in [0.25, 0.3) is 0 Å². The SMILES string of the molecule is CN[C@@H](CO)CNC[C@@H](C)c1ccccc1OC. The molecule has 1 aromatic carbocycles. The summed E-state index contributed by atoms with van der Waals surface area (Å²) in [6, 6.07) is 8.18. The van der Waals surface area contributed by atoms with Crippen molar-refractivity contribution < 1.29 is 9.84 Å². The molecule has 0 aromatic heterocycles. The minimum absolute atomic E-state index is 0.106. The predicted octanol–water partition coefficient (Wildman–Crippen LogP) is 0.969. The van der Waals surface area contributed by atoms with Crippen LogP contribution in [0.1, 0.15) is 18.4 Å². The topological polar surface area (TPSA) is 53.5 Å².